The first kappa shape index (κ1) is 17.9. The van der Waals surface area contributed by atoms with E-state index in [0.717, 1.165) is 15.7 Å². The quantitative estimate of drug-likeness (QED) is 0.532. The van der Waals surface area contributed by atoms with E-state index in [4.69, 9.17) is 0 Å². The molecule has 0 saturated carbocycles. The highest BCUT2D eigenvalue weighted by Gasteiger charge is 2.32. The summed E-state index contributed by atoms with van der Waals surface area (Å²) in [6.07, 6.45) is 4.31. The molecule has 0 N–H and O–H groups in total. The van der Waals surface area contributed by atoms with E-state index < -0.39 is 0 Å². The summed E-state index contributed by atoms with van der Waals surface area (Å²) in [7, 11) is 0. The minimum absolute atomic E-state index is 0.0261. The first-order chi connectivity index (χ1) is 11.8. The lowest BCUT2D eigenvalue weighted by Crippen LogP contribution is -2.49. The molecule has 1 aliphatic heterocycles. The van der Waals surface area contributed by atoms with Gasteiger partial charge < -0.3 is 4.90 Å². The van der Waals surface area contributed by atoms with Gasteiger partial charge in [-0.2, -0.15) is 0 Å². The molecule has 130 valence electrons. The van der Waals surface area contributed by atoms with E-state index in [2.05, 4.69) is 84.7 Å². The Morgan fingerprint density at radius 2 is 1.76 bits per heavy atom. The van der Waals surface area contributed by atoms with Crippen molar-refractivity contribution in [2.75, 3.05) is 4.90 Å². The molecule has 0 aliphatic carbocycles. The number of allylic oxidation sites excluding steroid dienone is 1. The van der Waals surface area contributed by atoms with Crippen molar-refractivity contribution in [1.29, 1.82) is 0 Å². The molecule has 0 unspecified atom stereocenters. The fraction of sp³-hybridized carbons (Fsp3) is 0.318. The van der Waals surface area contributed by atoms with Crippen molar-refractivity contribution in [2.45, 2.75) is 46.2 Å². The number of hydrogen-bond acceptors (Lipinski definition) is 2. The van der Waals surface area contributed by atoms with Crippen molar-refractivity contribution in [3.8, 4) is 0 Å². The summed E-state index contributed by atoms with van der Waals surface area (Å²) in [5.41, 5.74) is 6.04. The molecule has 0 radical (unpaired) electrons. The average Bonchev–Trinajstić information content (AvgIpc) is 2.53. The molecule has 0 spiro atoms. The van der Waals surface area contributed by atoms with Crippen LogP contribution in [0.4, 0.5) is 11.4 Å². The Bertz CT molecular complexity index is 830. The summed E-state index contributed by atoms with van der Waals surface area (Å²) in [6.45, 7) is 11.3. The second-order valence-electron chi connectivity index (χ2n) is 7.46. The van der Waals surface area contributed by atoms with Gasteiger partial charge in [-0.15, -0.1) is 0 Å². The van der Waals surface area contributed by atoms with Crippen LogP contribution in [0.3, 0.4) is 0 Å². The third-order valence-corrected chi connectivity index (χ3v) is 5.13. The highest BCUT2D eigenvalue weighted by Crippen LogP contribution is 2.40. The zero-order chi connectivity index (χ0) is 18.2. The smallest absolute Gasteiger partial charge is 0.0630 e. The van der Waals surface area contributed by atoms with Gasteiger partial charge in [0.15, 0.2) is 0 Å². The molecule has 0 bridgehead atoms. The molecule has 2 nitrogen and oxygen atoms in total. The number of aliphatic imine (C=N–C) groups is 1. The first-order valence-electron chi connectivity index (χ1n) is 8.71. The predicted molar refractivity (Wildman–Crippen MR) is 113 cm³/mol. The van der Waals surface area contributed by atoms with Crippen LogP contribution in [0.2, 0.25) is 0 Å². The van der Waals surface area contributed by atoms with Gasteiger partial charge in [-0.05, 0) is 82.2 Å². The Morgan fingerprint density at radius 1 is 1.08 bits per heavy atom. The number of fused-ring (bicyclic) bond motifs is 1. The highest BCUT2D eigenvalue weighted by molar-refractivity contribution is 9.10. The third kappa shape index (κ3) is 3.72. The molecule has 3 heteroatoms. The second-order valence-corrected chi connectivity index (χ2v) is 8.37. The van der Waals surface area contributed by atoms with Gasteiger partial charge in [0.25, 0.3) is 0 Å². The summed E-state index contributed by atoms with van der Waals surface area (Å²) in [4.78, 5) is 7.09. The van der Waals surface area contributed by atoms with E-state index in [1.807, 2.05) is 30.5 Å². The lowest BCUT2D eigenvalue weighted by molar-refractivity contribution is 0.507. The minimum atomic E-state index is 0.0261. The summed E-state index contributed by atoms with van der Waals surface area (Å²) < 4.78 is 1.07. The standard InChI is InChI=1S/C22H25BrN2/c1-15(2)25-21-11-6-17(12-20(21)16(3)13-22(25,4)5)14-24-19-9-7-18(23)8-10-19/h6-15H,1-5H3. The van der Waals surface area contributed by atoms with Crippen molar-refractivity contribution < 1.29 is 0 Å². The van der Waals surface area contributed by atoms with Crippen molar-refractivity contribution in [3.63, 3.8) is 0 Å². The second kappa shape index (κ2) is 6.80. The van der Waals surface area contributed by atoms with E-state index >= 15 is 0 Å². The molecular weight excluding hydrogens is 372 g/mol. The summed E-state index contributed by atoms with van der Waals surface area (Å²) >= 11 is 3.45. The topological polar surface area (TPSA) is 15.6 Å². The Labute approximate surface area is 159 Å². The molecule has 2 aromatic rings. The molecular formula is C22H25BrN2. The average molecular weight is 397 g/mol. The van der Waals surface area contributed by atoms with E-state index in [-0.39, 0.29) is 5.54 Å². The Hall–Kier alpha value is -1.87. The largest absolute Gasteiger partial charge is 0.360 e. The van der Waals surface area contributed by atoms with Crippen LogP contribution in [-0.2, 0) is 0 Å². The molecule has 3 rings (SSSR count). The molecule has 0 fully saturated rings. The highest BCUT2D eigenvalue weighted by atomic mass is 79.9. The lowest BCUT2D eigenvalue weighted by Gasteiger charge is -2.46. The van der Waals surface area contributed by atoms with Crippen molar-refractivity contribution in [2.24, 2.45) is 4.99 Å². The third-order valence-electron chi connectivity index (χ3n) is 4.60. The maximum atomic E-state index is 4.60. The molecule has 2 aromatic carbocycles. The molecule has 0 aromatic heterocycles. The van der Waals surface area contributed by atoms with E-state index in [9.17, 15) is 0 Å². The fourth-order valence-corrected chi connectivity index (χ4v) is 4.03. The summed E-state index contributed by atoms with van der Waals surface area (Å²) in [5, 5.41) is 0. The number of halogens is 1. The molecule has 0 saturated heterocycles. The van der Waals surface area contributed by atoms with Crippen LogP contribution in [0.5, 0.6) is 0 Å². The van der Waals surface area contributed by atoms with Crippen LogP contribution in [0, 0.1) is 0 Å². The van der Waals surface area contributed by atoms with E-state index in [0.29, 0.717) is 6.04 Å². The molecule has 25 heavy (non-hydrogen) atoms. The zero-order valence-corrected chi connectivity index (χ0v) is 17.1. The van der Waals surface area contributed by atoms with Gasteiger partial charge in [0.05, 0.1) is 11.2 Å². The molecule has 1 heterocycles. The fourth-order valence-electron chi connectivity index (χ4n) is 3.77. The molecule has 1 aliphatic rings. The van der Waals surface area contributed by atoms with Crippen LogP contribution >= 0.6 is 15.9 Å². The minimum Gasteiger partial charge on any atom is -0.360 e. The monoisotopic (exact) mass is 396 g/mol. The van der Waals surface area contributed by atoms with Crippen molar-refractivity contribution in [1.82, 2.24) is 0 Å². The van der Waals surface area contributed by atoms with Gasteiger partial charge in [-0.25, -0.2) is 0 Å². The summed E-state index contributed by atoms with van der Waals surface area (Å²) in [5.74, 6) is 0. The van der Waals surface area contributed by atoms with Crippen LogP contribution in [0.1, 0.15) is 45.7 Å². The van der Waals surface area contributed by atoms with Gasteiger partial charge in [-0.1, -0.05) is 28.1 Å². The maximum absolute atomic E-state index is 4.60. The van der Waals surface area contributed by atoms with Gasteiger partial charge in [0.2, 0.25) is 0 Å². The van der Waals surface area contributed by atoms with Crippen molar-refractivity contribution >= 4 is 39.1 Å². The Kier molecular flexibility index (Phi) is 4.88. The van der Waals surface area contributed by atoms with Gasteiger partial charge in [0.1, 0.15) is 0 Å². The normalized spacial score (nSPS) is 16.3. The number of rotatable bonds is 3. The number of benzene rings is 2. The number of anilines is 1. The van der Waals surface area contributed by atoms with Crippen LogP contribution < -0.4 is 4.90 Å². The van der Waals surface area contributed by atoms with Crippen LogP contribution in [0.25, 0.3) is 5.57 Å². The van der Waals surface area contributed by atoms with E-state index in [1.54, 1.807) is 0 Å². The predicted octanol–water partition coefficient (Wildman–Crippen LogP) is 6.61. The van der Waals surface area contributed by atoms with Crippen molar-refractivity contribution in [3.05, 3.63) is 64.1 Å². The van der Waals surface area contributed by atoms with Gasteiger partial charge in [-0.3, -0.25) is 4.99 Å². The van der Waals surface area contributed by atoms with E-state index in [1.165, 1.54) is 16.8 Å². The Balaban J connectivity index is 1.96. The number of hydrogen-bond donors (Lipinski definition) is 0. The lowest BCUT2D eigenvalue weighted by atomic mass is 9.87. The SMILES string of the molecule is CC1=CC(C)(C)N(C(C)C)c2ccc(C=Nc3ccc(Br)cc3)cc21. The van der Waals surface area contributed by atoms with Gasteiger partial charge >= 0.3 is 0 Å². The van der Waals surface area contributed by atoms with Gasteiger partial charge in [0, 0.05) is 28.0 Å². The van der Waals surface area contributed by atoms with Crippen LogP contribution in [-0.4, -0.2) is 17.8 Å². The maximum Gasteiger partial charge on any atom is 0.0630 e. The molecule has 0 atom stereocenters. The molecule has 0 amide bonds. The Morgan fingerprint density at radius 3 is 2.40 bits per heavy atom. The summed E-state index contributed by atoms with van der Waals surface area (Å²) in [6, 6.07) is 15.1. The first-order valence-corrected chi connectivity index (χ1v) is 9.50. The number of nitrogens with zero attached hydrogens (tertiary/aromatic N) is 2. The van der Waals surface area contributed by atoms with Crippen LogP contribution in [0.15, 0.2) is 58.0 Å². The zero-order valence-electron chi connectivity index (χ0n) is 15.5.